The summed E-state index contributed by atoms with van der Waals surface area (Å²) in [7, 11) is 1.79. The third-order valence-corrected chi connectivity index (χ3v) is 5.50. The summed E-state index contributed by atoms with van der Waals surface area (Å²) in [5.41, 5.74) is 1.12. The molecule has 2 N–H and O–H groups in total. The van der Waals surface area contributed by atoms with Crippen LogP contribution in [0.4, 0.5) is 0 Å². The molecule has 0 saturated carbocycles. The van der Waals surface area contributed by atoms with E-state index in [4.69, 9.17) is 18.9 Å². The monoisotopic (exact) mass is 562 g/mol. The fourth-order valence-corrected chi connectivity index (χ4v) is 3.67. The van der Waals surface area contributed by atoms with Gasteiger partial charge in [-0.1, -0.05) is 18.2 Å². The van der Waals surface area contributed by atoms with E-state index in [1.54, 1.807) is 7.05 Å². The van der Waals surface area contributed by atoms with Crippen LogP contribution in [0.5, 0.6) is 5.75 Å². The van der Waals surface area contributed by atoms with Crippen LogP contribution in [0.25, 0.3) is 0 Å². The lowest BCUT2D eigenvalue weighted by Crippen LogP contribution is -2.39. The van der Waals surface area contributed by atoms with Crippen molar-refractivity contribution in [2.75, 3.05) is 72.9 Å². The minimum atomic E-state index is 0. The van der Waals surface area contributed by atoms with Crippen molar-refractivity contribution in [1.29, 1.82) is 0 Å². The van der Waals surface area contributed by atoms with Gasteiger partial charge in [-0.2, -0.15) is 0 Å². The van der Waals surface area contributed by atoms with Crippen LogP contribution in [-0.2, 0) is 20.8 Å². The van der Waals surface area contributed by atoms with E-state index >= 15 is 0 Å². The molecule has 0 bridgehead atoms. The molecule has 32 heavy (non-hydrogen) atoms. The average molecular weight is 562 g/mol. The van der Waals surface area contributed by atoms with Crippen LogP contribution in [-0.4, -0.2) is 89.8 Å². The van der Waals surface area contributed by atoms with Gasteiger partial charge in [-0.05, 0) is 25.3 Å². The van der Waals surface area contributed by atoms with Crippen LogP contribution >= 0.6 is 24.0 Å². The number of benzene rings is 1. The average Bonchev–Trinajstić information content (AvgIpc) is 3.33. The summed E-state index contributed by atoms with van der Waals surface area (Å²) in [5.74, 6) is 1.70. The first-order valence-corrected chi connectivity index (χ1v) is 11.5. The molecule has 0 radical (unpaired) electrons. The Morgan fingerprint density at radius 2 is 2.00 bits per heavy atom. The quantitative estimate of drug-likeness (QED) is 0.175. The number of guanidine groups is 1. The molecule has 0 aromatic heterocycles. The topological polar surface area (TPSA) is 76.6 Å². The standard InChI is InChI=1S/C23H38N4O4.HI/c1-24-23(25-9-5-13-29-19-21-7-4-14-30-21)26-18-20-6-2-3-8-22(20)31-17-12-27-10-15-28-16-11-27;/h2-3,6,8,21H,4-5,7,9-19H2,1H3,(H2,24,25,26);1H. The van der Waals surface area contributed by atoms with E-state index in [1.165, 1.54) is 0 Å². The van der Waals surface area contributed by atoms with E-state index < -0.39 is 0 Å². The maximum absolute atomic E-state index is 6.06. The normalized spacial score (nSPS) is 19.4. The number of hydrogen-bond donors (Lipinski definition) is 2. The molecule has 1 aromatic carbocycles. The zero-order chi connectivity index (χ0) is 21.6. The van der Waals surface area contributed by atoms with Crippen molar-refractivity contribution >= 4 is 29.9 Å². The van der Waals surface area contributed by atoms with Crippen LogP contribution in [0.15, 0.2) is 29.3 Å². The van der Waals surface area contributed by atoms with Gasteiger partial charge in [0.2, 0.25) is 0 Å². The highest BCUT2D eigenvalue weighted by Crippen LogP contribution is 2.17. The molecule has 2 fully saturated rings. The fraction of sp³-hybridized carbons (Fsp3) is 0.696. The molecule has 0 amide bonds. The van der Waals surface area contributed by atoms with Crippen molar-refractivity contribution in [3.8, 4) is 5.75 Å². The highest BCUT2D eigenvalue weighted by Gasteiger charge is 2.15. The summed E-state index contributed by atoms with van der Waals surface area (Å²) in [4.78, 5) is 6.69. The van der Waals surface area contributed by atoms with Crippen LogP contribution in [0.3, 0.4) is 0 Å². The van der Waals surface area contributed by atoms with E-state index in [0.29, 0.717) is 25.9 Å². The first kappa shape index (κ1) is 27.1. The van der Waals surface area contributed by atoms with Gasteiger partial charge in [0, 0.05) is 58.5 Å². The largest absolute Gasteiger partial charge is 0.492 e. The summed E-state index contributed by atoms with van der Waals surface area (Å²) in [6.45, 7) is 8.95. The van der Waals surface area contributed by atoms with E-state index in [-0.39, 0.29) is 24.0 Å². The number of nitrogens with one attached hydrogen (secondary N) is 2. The zero-order valence-corrected chi connectivity index (χ0v) is 21.6. The molecular weight excluding hydrogens is 523 g/mol. The number of hydrogen-bond acceptors (Lipinski definition) is 6. The van der Waals surface area contributed by atoms with Crippen molar-refractivity contribution in [1.82, 2.24) is 15.5 Å². The smallest absolute Gasteiger partial charge is 0.191 e. The molecule has 9 heteroatoms. The van der Waals surface area contributed by atoms with Crippen molar-refractivity contribution < 1.29 is 18.9 Å². The lowest BCUT2D eigenvalue weighted by atomic mass is 10.2. The second-order valence-corrected chi connectivity index (χ2v) is 7.83. The van der Waals surface area contributed by atoms with Gasteiger partial charge in [0.05, 0.1) is 25.9 Å². The van der Waals surface area contributed by atoms with Gasteiger partial charge in [0.15, 0.2) is 5.96 Å². The number of aliphatic imine (C=N–C) groups is 1. The summed E-state index contributed by atoms with van der Waals surface area (Å²) in [6.07, 6.45) is 3.49. The van der Waals surface area contributed by atoms with Gasteiger partial charge >= 0.3 is 0 Å². The third-order valence-electron chi connectivity index (χ3n) is 5.50. The van der Waals surface area contributed by atoms with Crippen LogP contribution in [0, 0.1) is 0 Å². The SMILES string of the molecule is CN=C(NCCCOCC1CCCO1)NCc1ccccc1OCCN1CCOCC1.I. The van der Waals surface area contributed by atoms with Crippen molar-refractivity contribution in [3.63, 3.8) is 0 Å². The molecule has 2 saturated heterocycles. The van der Waals surface area contributed by atoms with E-state index in [0.717, 1.165) is 89.1 Å². The molecular formula is C23H39IN4O4. The maximum Gasteiger partial charge on any atom is 0.191 e. The van der Waals surface area contributed by atoms with Crippen LogP contribution in [0.2, 0.25) is 0 Å². The Bertz CT molecular complexity index is 653. The van der Waals surface area contributed by atoms with Crippen molar-refractivity contribution in [2.45, 2.75) is 31.9 Å². The Kier molecular flexibility index (Phi) is 14.0. The molecule has 0 spiro atoms. The van der Waals surface area contributed by atoms with Crippen LogP contribution < -0.4 is 15.4 Å². The number of rotatable bonds is 12. The van der Waals surface area contributed by atoms with Gasteiger partial charge in [0.1, 0.15) is 12.4 Å². The molecule has 1 unspecified atom stereocenters. The predicted octanol–water partition coefficient (Wildman–Crippen LogP) is 2.27. The highest BCUT2D eigenvalue weighted by atomic mass is 127. The first-order chi connectivity index (χ1) is 15.3. The molecule has 182 valence electrons. The molecule has 2 aliphatic heterocycles. The zero-order valence-electron chi connectivity index (χ0n) is 19.2. The molecule has 3 rings (SSSR count). The second kappa shape index (κ2) is 16.5. The summed E-state index contributed by atoms with van der Waals surface area (Å²) in [6, 6.07) is 8.16. The Morgan fingerprint density at radius 3 is 2.78 bits per heavy atom. The van der Waals surface area contributed by atoms with Gasteiger partial charge in [-0.25, -0.2) is 0 Å². The molecule has 1 atom stereocenters. The lowest BCUT2D eigenvalue weighted by Gasteiger charge is -2.26. The Balaban J connectivity index is 0.00000363. The van der Waals surface area contributed by atoms with Crippen molar-refractivity contribution in [3.05, 3.63) is 29.8 Å². The Labute approximate surface area is 209 Å². The number of nitrogens with zero attached hydrogens (tertiary/aromatic N) is 2. The number of morpholine rings is 1. The molecule has 2 heterocycles. The molecule has 8 nitrogen and oxygen atoms in total. The Hall–Kier alpha value is -1.14. The Morgan fingerprint density at radius 1 is 1.16 bits per heavy atom. The molecule has 1 aromatic rings. The van der Waals surface area contributed by atoms with E-state index in [1.807, 2.05) is 18.2 Å². The minimum Gasteiger partial charge on any atom is -0.492 e. The number of halogens is 1. The predicted molar refractivity (Wildman–Crippen MR) is 137 cm³/mol. The van der Waals surface area contributed by atoms with Gasteiger partial charge in [-0.15, -0.1) is 24.0 Å². The summed E-state index contributed by atoms with van der Waals surface area (Å²) >= 11 is 0. The highest BCUT2D eigenvalue weighted by molar-refractivity contribution is 14.0. The van der Waals surface area contributed by atoms with Gasteiger partial charge < -0.3 is 29.6 Å². The maximum atomic E-state index is 6.06. The van der Waals surface area contributed by atoms with Gasteiger partial charge in [-0.3, -0.25) is 9.89 Å². The first-order valence-electron chi connectivity index (χ1n) is 11.5. The minimum absolute atomic E-state index is 0. The summed E-state index contributed by atoms with van der Waals surface area (Å²) in [5, 5.41) is 6.71. The van der Waals surface area contributed by atoms with E-state index in [9.17, 15) is 0 Å². The number of ether oxygens (including phenoxy) is 4. The lowest BCUT2D eigenvalue weighted by molar-refractivity contribution is 0.0168. The number of para-hydroxylation sites is 1. The fourth-order valence-electron chi connectivity index (χ4n) is 3.67. The third kappa shape index (κ3) is 10.2. The summed E-state index contributed by atoms with van der Waals surface area (Å²) < 4.78 is 22.7. The van der Waals surface area contributed by atoms with E-state index in [2.05, 4.69) is 26.6 Å². The van der Waals surface area contributed by atoms with Crippen molar-refractivity contribution in [2.24, 2.45) is 4.99 Å². The molecule has 2 aliphatic rings. The molecule has 0 aliphatic carbocycles. The van der Waals surface area contributed by atoms with Crippen LogP contribution in [0.1, 0.15) is 24.8 Å². The van der Waals surface area contributed by atoms with Gasteiger partial charge in [0.25, 0.3) is 0 Å². The second-order valence-electron chi connectivity index (χ2n) is 7.83.